The van der Waals surface area contributed by atoms with Crippen LogP contribution in [0.5, 0.6) is 0 Å². The lowest BCUT2D eigenvalue weighted by atomic mass is 9.92. The maximum atomic E-state index is 12.9. The van der Waals surface area contributed by atoms with Gasteiger partial charge < -0.3 is 4.74 Å². The van der Waals surface area contributed by atoms with E-state index in [1.54, 1.807) is 11.8 Å². The third-order valence-electron chi connectivity index (χ3n) is 6.34. The Kier molecular flexibility index (Phi) is 7.01. The molecule has 176 valence electrons. The van der Waals surface area contributed by atoms with Crippen molar-refractivity contribution in [2.45, 2.75) is 4.90 Å². The molecule has 0 aliphatic rings. The summed E-state index contributed by atoms with van der Waals surface area (Å²) in [4.78, 5) is 13.8. The average Bonchev–Trinajstić information content (AvgIpc) is 2.97. The van der Waals surface area contributed by atoms with Crippen molar-refractivity contribution in [1.29, 1.82) is 0 Å². The van der Waals surface area contributed by atoms with E-state index in [0.29, 0.717) is 5.56 Å². The molecule has 2 nitrogen and oxygen atoms in total. The van der Waals surface area contributed by atoms with Gasteiger partial charge in [-0.1, -0.05) is 109 Å². The second kappa shape index (κ2) is 10.7. The monoisotopic (exact) mass is 486 g/mol. The molecule has 0 saturated heterocycles. The number of carbonyl (C=O) groups excluding carboxylic acids is 1. The van der Waals surface area contributed by atoms with Crippen LogP contribution in [0.1, 0.15) is 10.4 Å². The minimum Gasteiger partial charge on any atom is -0.465 e. The Balaban J connectivity index is 1.59. The topological polar surface area (TPSA) is 26.3 Å². The summed E-state index contributed by atoms with van der Waals surface area (Å²) in [5, 5.41) is 0. The highest BCUT2D eigenvalue weighted by atomic mass is 32.2. The van der Waals surface area contributed by atoms with Crippen LogP contribution >= 0.6 is 11.8 Å². The predicted octanol–water partition coefficient (Wildman–Crippen LogP) is 8.86. The zero-order chi connectivity index (χ0) is 24.9. The van der Waals surface area contributed by atoms with E-state index in [0.717, 1.165) is 38.3 Å². The highest BCUT2D eigenvalue weighted by Gasteiger charge is 2.20. The maximum Gasteiger partial charge on any atom is 0.339 e. The number of methoxy groups -OCH3 is 1. The molecule has 0 aromatic heterocycles. The van der Waals surface area contributed by atoms with Gasteiger partial charge in [0.25, 0.3) is 0 Å². The van der Waals surface area contributed by atoms with E-state index < -0.39 is 0 Å². The summed E-state index contributed by atoms with van der Waals surface area (Å²) in [6.45, 7) is 0. The molecule has 0 radical (unpaired) electrons. The van der Waals surface area contributed by atoms with Crippen LogP contribution in [0.3, 0.4) is 0 Å². The zero-order valence-electron chi connectivity index (χ0n) is 20.3. The molecule has 0 saturated carbocycles. The number of hydrogen-bond acceptors (Lipinski definition) is 3. The Hall–Kier alpha value is -4.08. The number of carbonyl (C=O) groups is 1. The number of ether oxygens (including phenoxy) is 1. The first-order valence-corrected chi connectivity index (χ1v) is 13.0. The van der Waals surface area contributed by atoms with Crippen molar-refractivity contribution in [3.8, 4) is 44.5 Å². The number of hydrogen-bond donors (Lipinski definition) is 0. The van der Waals surface area contributed by atoms with E-state index >= 15 is 0 Å². The maximum absolute atomic E-state index is 12.9. The van der Waals surface area contributed by atoms with E-state index in [2.05, 4.69) is 97.1 Å². The molecule has 0 atom stereocenters. The first kappa shape index (κ1) is 23.7. The molecule has 0 heterocycles. The van der Waals surface area contributed by atoms with Crippen LogP contribution in [-0.4, -0.2) is 19.3 Å². The van der Waals surface area contributed by atoms with Crippen molar-refractivity contribution in [3.63, 3.8) is 0 Å². The molecule has 0 bridgehead atoms. The summed E-state index contributed by atoms with van der Waals surface area (Å²) < 4.78 is 5.19. The summed E-state index contributed by atoms with van der Waals surface area (Å²) >= 11 is 1.56. The molecule has 0 amide bonds. The summed E-state index contributed by atoms with van der Waals surface area (Å²) in [6.07, 6.45) is 1.99. The Morgan fingerprint density at radius 1 is 0.556 bits per heavy atom. The van der Waals surface area contributed by atoms with Gasteiger partial charge in [0.1, 0.15) is 0 Å². The molecule has 5 rings (SSSR count). The standard InChI is InChI=1S/C33H26O2S/c1-35-33(34)32-30(28-19-17-26(18-20-28)24-11-7-4-8-12-24)21-29(22-31(32)36-2)27-15-13-25(14-16-27)23-9-5-3-6-10-23/h3-22H,1-2H3. The molecule has 36 heavy (non-hydrogen) atoms. The van der Waals surface area contributed by atoms with Gasteiger partial charge in [0.2, 0.25) is 0 Å². The Morgan fingerprint density at radius 3 is 1.42 bits per heavy atom. The van der Waals surface area contributed by atoms with Gasteiger partial charge >= 0.3 is 5.97 Å². The average molecular weight is 487 g/mol. The third kappa shape index (κ3) is 4.84. The van der Waals surface area contributed by atoms with Crippen LogP contribution in [-0.2, 0) is 4.74 Å². The quantitative estimate of drug-likeness (QED) is 0.177. The lowest BCUT2D eigenvalue weighted by Gasteiger charge is -2.16. The number of esters is 1. The Labute approximate surface area is 216 Å². The smallest absolute Gasteiger partial charge is 0.339 e. The van der Waals surface area contributed by atoms with Crippen molar-refractivity contribution in [2.75, 3.05) is 13.4 Å². The molecule has 3 heteroatoms. The van der Waals surface area contributed by atoms with Crippen LogP contribution in [0.4, 0.5) is 0 Å². The SMILES string of the molecule is COC(=O)c1c(SC)cc(-c2ccc(-c3ccccc3)cc2)cc1-c1ccc(-c2ccccc2)cc1. The van der Waals surface area contributed by atoms with Gasteiger partial charge in [-0.15, -0.1) is 11.8 Å². The fourth-order valence-corrected chi connectivity index (χ4v) is 5.08. The largest absolute Gasteiger partial charge is 0.465 e. The molecule has 0 N–H and O–H groups in total. The number of benzene rings is 5. The summed E-state index contributed by atoms with van der Waals surface area (Å²) in [5.74, 6) is -0.326. The second-order valence-electron chi connectivity index (χ2n) is 8.48. The first-order chi connectivity index (χ1) is 17.7. The van der Waals surface area contributed by atoms with Crippen LogP contribution < -0.4 is 0 Å². The van der Waals surface area contributed by atoms with Gasteiger partial charge in [-0.3, -0.25) is 0 Å². The summed E-state index contributed by atoms with van der Waals surface area (Å²) in [7, 11) is 1.44. The fourth-order valence-electron chi connectivity index (χ4n) is 4.44. The first-order valence-electron chi connectivity index (χ1n) is 11.8. The van der Waals surface area contributed by atoms with Crippen molar-refractivity contribution >= 4 is 17.7 Å². The Morgan fingerprint density at radius 2 is 0.972 bits per heavy atom. The van der Waals surface area contributed by atoms with Crippen LogP contribution in [0.25, 0.3) is 44.5 Å². The Bertz CT molecular complexity index is 1470. The van der Waals surface area contributed by atoms with Gasteiger partial charge in [-0.25, -0.2) is 4.79 Å². The molecule has 0 spiro atoms. The molecule has 0 fully saturated rings. The van der Waals surface area contributed by atoms with E-state index in [-0.39, 0.29) is 5.97 Å². The lowest BCUT2D eigenvalue weighted by molar-refractivity contribution is 0.0598. The minimum absolute atomic E-state index is 0.326. The molecule has 0 unspecified atom stereocenters. The molecular formula is C33H26O2S. The van der Waals surface area contributed by atoms with E-state index in [9.17, 15) is 4.79 Å². The lowest BCUT2D eigenvalue weighted by Crippen LogP contribution is -2.06. The fraction of sp³-hybridized carbons (Fsp3) is 0.0606. The second-order valence-corrected chi connectivity index (χ2v) is 9.33. The minimum atomic E-state index is -0.326. The van der Waals surface area contributed by atoms with Crippen molar-refractivity contribution < 1.29 is 9.53 Å². The predicted molar refractivity (Wildman–Crippen MR) is 151 cm³/mol. The van der Waals surface area contributed by atoms with Crippen LogP contribution in [0.2, 0.25) is 0 Å². The summed E-state index contributed by atoms with van der Waals surface area (Å²) in [6, 6.07) is 41.8. The third-order valence-corrected chi connectivity index (χ3v) is 7.10. The molecule has 0 aliphatic heterocycles. The van der Waals surface area contributed by atoms with E-state index in [1.807, 2.05) is 30.5 Å². The van der Waals surface area contributed by atoms with Gasteiger partial charge in [0.05, 0.1) is 12.7 Å². The van der Waals surface area contributed by atoms with Crippen LogP contribution in [0.15, 0.2) is 126 Å². The zero-order valence-corrected chi connectivity index (χ0v) is 21.1. The van der Waals surface area contributed by atoms with Gasteiger partial charge in [-0.2, -0.15) is 0 Å². The normalized spacial score (nSPS) is 10.7. The van der Waals surface area contributed by atoms with E-state index in [1.165, 1.54) is 18.2 Å². The van der Waals surface area contributed by atoms with Crippen LogP contribution in [0, 0.1) is 0 Å². The van der Waals surface area contributed by atoms with Crippen molar-refractivity contribution in [3.05, 3.63) is 127 Å². The molecule has 0 aliphatic carbocycles. The molecule has 5 aromatic rings. The summed E-state index contributed by atoms with van der Waals surface area (Å²) in [5.41, 5.74) is 9.27. The van der Waals surface area contributed by atoms with Gasteiger partial charge in [-0.05, 0) is 62.9 Å². The van der Waals surface area contributed by atoms with Crippen molar-refractivity contribution in [1.82, 2.24) is 0 Å². The van der Waals surface area contributed by atoms with Crippen molar-refractivity contribution in [2.24, 2.45) is 0 Å². The number of rotatable bonds is 6. The molecular weight excluding hydrogens is 460 g/mol. The highest BCUT2D eigenvalue weighted by Crippen LogP contribution is 2.38. The van der Waals surface area contributed by atoms with Gasteiger partial charge in [0.15, 0.2) is 0 Å². The highest BCUT2D eigenvalue weighted by molar-refractivity contribution is 7.98. The van der Waals surface area contributed by atoms with E-state index in [4.69, 9.17) is 4.74 Å². The van der Waals surface area contributed by atoms with Gasteiger partial charge in [0, 0.05) is 4.90 Å². The number of thioether (sulfide) groups is 1. The molecule has 5 aromatic carbocycles.